The fraction of sp³-hybridized carbons (Fsp3) is 0.500. The van der Waals surface area contributed by atoms with Gasteiger partial charge in [0, 0.05) is 29.4 Å². The predicted octanol–water partition coefficient (Wildman–Crippen LogP) is 0.766. The van der Waals surface area contributed by atoms with E-state index in [0.717, 1.165) is 16.5 Å². The first-order valence-electron chi connectivity index (χ1n) is 11.8. The van der Waals surface area contributed by atoms with E-state index >= 15 is 0 Å². The Bertz CT molecular complexity index is 1090. The largest absolute Gasteiger partial charge is 0.480 e. The first-order valence-corrected chi connectivity index (χ1v) is 13.8. The van der Waals surface area contributed by atoms with E-state index in [4.69, 9.17) is 5.73 Å². The van der Waals surface area contributed by atoms with Gasteiger partial charge in [0.2, 0.25) is 17.7 Å². The lowest BCUT2D eigenvalue weighted by molar-refractivity contribution is -0.144. The van der Waals surface area contributed by atoms with Crippen LogP contribution in [0.5, 0.6) is 0 Å². The van der Waals surface area contributed by atoms with Gasteiger partial charge in [0.05, 0.1) is 6.04 Å². The number of aromatic nitrogens is 1. The van der Waals surface area contributed by atoms with Crippen molar-refractivity contribution >= 4 is 59.0 Å². The van der Waals surface area contributed by atoms with E-state index in [1.165, 1.54) is 16.7 Å². The average Bonchev–Trinajstić information content (AvgIpc) is 3.52. The van der Waals surface area contributed by atoms with Crippen molar-refractivity contribution in [1.29, 1.82) is 0 Å². The van der Waals surface area contributed by atoms with Crippen LogP contribution >= 0.6 is 24.4 Å². The van der Waals surface area contributed by atoms with Gasteiger partial charge >= 0.3 is 5.97 Å². The number of nitrogens with one attached hydrogen (secondary N) is 3. The number of thioether (sulfide) groups is 1. The fourth-order valence-corrected chi connectivity index (χ4v) is 5.08. The van der Waals surface area contributed by atoms with Crippen LogP contribution in [0.25, 0.3) is 10.9 Å². The third kappa shape index (κ3) is 6.74. The Kier molecular flexibility index (Phi) is 10.1. The van der Waals surface area contributed by atoms with Gasteiger partial charge in [0.25, 0.3) is 0 Å². The van der Waals surface area contributed by atoms with Crippen molar-refractivity contribution < 1.29 is 24.3 Å². The predicted molar refractivity (Wildman–Crippen MR) is 143 cm³/mol. The van der Waals surface area contributed by atoms with Gasteiger partial charge in [0.1, 0.15) is 18.1 Å². The van der Waals surface area contributed by atoms with E-state index in [9.17, 15) is 24.3 Å². The Morgan fingerprint density at radius 3 is 2.69 bits per heavy atom. The molecule has 1 aliphatic rings. The second kappa shape index (κ2) is 13.0. The van der Waals surface area contributed by atoms with Crippen molar-refractivity contribution in [2.75, 3.05) is 24.3 Å². The highest BCUT2D eigenvalue weighted by Crippen LogP contribution is 2.21. The topological polar surface area (TPSA) is 158 Å². The summed E-state index contributed by atoms with van der Waals surface area (Å²) in [5, 5.41) is 15.6. The van der Waals surface area contributed by atoms with E-state index in [1.54, 1.807) is 0 Å². The highest BCUT2D eigenvalue weighted by Gasteiger charge is 2.38. The number of nitrogens with two attached hydrogens (primary N) is 1. The number of likely N-dealkylation sites (tertiary alicyclic amines) is 1. The smallest absolute Gasteiger partial charge is 0.326 e. The number of carbonyl (C=O) groups excluding carboxylic acids is 3. The number of hydrogen-bond donors (Lipinski definition) is 6. The molecule has 0 aliphatic carbocycles. The van der Waals surface area contributed by atoms with Crippen molar-refractivity contribution in [3.05, 3.63) is 36.0 Å². The summed E-state index contributed by atoms with van der Waals surface area (Å²) in [4.78, 5) is 55.0. The molecular formula is C24H33N5O5S2. The van der Waals surface area contributed by atoms with Crippen LogP contribution in [0.4, 0.5) is 0 Å². The van der Waals surface area contributed by atoms with Gasteiger partial charge in [-0.2, -0.15) is 24.4 Å². The Hall–Kier alpha value is -2.70. The van der Waals surface area contributed by atoms with Crippen molar-refractivity contribution in [3.63, 3.8) is 0 Å². The van der Waals surface area contributed by atoms with Crippen LogP contribution in [-0.4, -0.2) is 87.2 Å². The van der Waals surface area contributed by atoms with E-state index in [1.807, 2.05) is 36.7 Å². The SMILES string of the molecule is CSCCC(NC(=O)C1CCCN1C(=O)C(CS)NC(=O)C(N)Cc1c[nH]c2ccccc12)C(=O)O. The third-order valence-electron chi connectivity index (χ3n) is 6.31. The number of hydrogen-bond acceptors (Lipinski definition) is 7. The molecule has 12 heteroatoms. The van der Waals surface area contributed by atoms with E-state index in [2.05, 4.69) is 28.2 Å². The van der Waals surface area contributed by atoms with Crippen LogP contribution in [0.1, 0.15) is 24.8 Å². The number of carbonyl (C=O) groups is 4. The molecule has 1 aliphatic heterocycles. The molecule has 6 N–H and O–H groups in total. The number of thiol groups is 1. The van der Waals surface area contributed by atoms with E-state index in [-0.39, 0.29) is 18.6 Å². The number of nitrogens with zero attached hydrogens (tertiary/aromatic N) is 1. The number of carboxylic acid groups (broad SMARTS) is 1. The van der Waals surface area contributed by atoms with Gasteiger partial charge in [-0.15, -0.1) is 0 Å². The quantitative estimate of drug-likeness (QED) is 0.219. The maximum atomic E-state index is 13.2. The molecule has 4 unspecified atom stereocenters. The number of fused-ring (bicyclic) bond motifs is 1. The van der Waals surface area contributed by atoms with Crippen molar-refractivity contribution in [2.24, 2.45) is 5.73 Å². The summed E-state index contributed by atoms with van der Waals surface area (Å²) in [6, 6.07) is 4.03. The zero-order valence-corrected chi connectivity index (χ0v) is 21.8. The number of aliphatic carboxylic acids is 1. The first-order chi connectivity index (χ1) is 17.3. The lowest BCUT2D eigenvalue weighted by Crippen LogP contribution is -2.57. The number of amides is 3. The monoisotopic (exact) mass is 535 g/mol. The van der Waals surface area contributed by atoms with E-state index < -0.39 is 47.9 Å². The van der Waals surface area contributed by atoms with Crippen LogP contribution in [0, 0.1) is 0 Å². The summed E-state index contributed by atoms with van der Waals surface area (Å²) in [5.41, 5.74) is 8.00. The van der Waals surface area contributed by atoms with Gasteiger partial charge in [0.15, 0.2) is 0 Å². The Labute approximate surface area is 219 Å². The van der Waals surface area contributed by atoms with Gasteiger partial charge in [-0.3, -0.25) is 14.4 Å². The van der Waals surface area contributed by atoms with Crippen molar-refractivity contribution in [2.45, 2.75) is 49.9 Å². The number of H-pyrrole nitrogens is 1. The molecule has 1 fully saturated rings. The minimum absolute atomic E-state index is 0.0285. The summed E-state index contributed by atoms with van der Waals surface area (Å²) in [6.45, 7) is 0.334. The summed E-state index contributed by atoms with van der Waals surface area (Å²) >= 11 is 5.73. The summed E-state index contributed by atoms with van der Waals surface area (Å²) in [7, 11) is 0. The highest BCUT2D eigenvalue weighted by atomic mass is 32.2. The molecule has 0 saturated carbocycles. The minimum atomic E-state index is -1.11. The lowest BCUT2D eigenvalue weighted by Gasteiger charge is -2.29. The summed E-state index contributed by atoms with van der Waals surface area (Å²) < 4.78 is 0. The van der Waals surface area contributed by atoms with Gasteiger partial charge in [-0.25, -0.2) is 4.79 Å². The molecule has 3 rings (SSSR count). The Morgan fingerprint density at radius 1 is 1.25 bits per heavy atom. The number of carboxylic acids is 1. The second-order valence-electron chi connectivity index (χ2n) is 8.78. The molecule has 0 spiro atoms. The third-order valence-corrected chi connectivity index (χ3v) is 7.32. The number of aromatic amines is 1. The summed E-state index contributed by atoms with van der Waals surface area (Å²) in [6.07, 6.45) is 5.25. The van der Waals surface area contributed by atoms with Crippen LogP contribution in [0.15, 0.2) is 30.5 Å². The first kappa shape index (κ1) is 27.9. The normalized spacial score (nSPS) is 18.0. The second-order valence-corrected chi connectivity index (χ2v) is 10.1. The zero-order valence-electron chi connectivity index (χ0n) is 20.1. The molecule has 4 atom stereocenters. The molecule has 2 heterocycles. The fourth-order valence-electron chi connectivity index (χ4n) is 4.36. The molecule has 3 amide bonds. The van der Waals surface area contributed by atoms with Crippen LogP contribution in [-0.2, 0) is 25.6 Å². The van der Waals surface area contributed by atoms with Crippen LogP contribution in [0.2, 0.25) is 0 Å². The zero-order chi connectivity index (χ0) is 26.2. The van der Waals surface area contributed by atoms with Gasteiger partial charge in [-0.05, 0) is 49.3 Å². The molecule has 1 aromatic heterocycles. The highest BCUT2D eigenvalue weighted by molar-refractivity contribution is 7.98. The van der Waals surface area contributed by atoms with Gasteiger partial charge < -0.3 is 31.4 Å². The van der Waals surface area contributed by atoms with Crippen LogP contribution in [0.3, 0.4) is 0 Å². The number of benzene rings is 1. The minimum Gasteiger partial charge on any atom is -0.480 e. The molecule has 10 nitrogen and oxygen atoms in total. The van der Waals surface area contributed by atoms with Crippen molar-refractivity contribution in [1.82, 2.24) is 20.5 Å². The molecule has 0 bridgehead atoms. The molecule has 1 aromatic carbocycles. The van der Waals surface area contributed by atoms with Crippen molar-refractivity contribution in [3.8, 4) is 0 Å². The molecule has 36 heavy (non-hydrogen) atoms. The average molecular weight is 536 g/mol. The van der Waals surface area contributed by atoms with Gasteiger partial charge in [-0.1, -0.05) is 18.2 Å². The van der Waals surface area contributed by atoms with E-state index in [0.29, 0.717) is 25.1 Å². The maximum Gasteiger partial charge on any atom is 0.326 e. The summed E-state index contributed by atoms with van der Waals surface area (Å²) in [5.74, 6) is -1.94. The Morgan fingerprint density at radius 2 is 2.00 bits per heavy atom. The molecule has 1 saturated heterocycles. The molecular weight excluding hydrogens is 502 g/mol. The Balaban J connectivity index is 1.62. The number of para-hydroxylation sites is 1. The lowest BCUT2D eigenvalue weighted by atomic mass is 10.0. The van der Waals surface area contributed by atoms with Crippen LogP contribution < -0.4 is 16.4 Å². The number of rotatable bonds is 12. The molecule has 196 valence electrons. The maximum absolute atomic E-state index is 13.2. The molecule has 2 aromatic rings. The molecule has 0 radical (unpaired) electrons. The standard InChI is InChI=1S/C24H33N5O5S2/c1-36-10-8-18(24(33)34)27-22(31)20-7-4-9-29(20)23(32)19(13-35)28-21(30)16(25)11-14-12-26-17-6-3-2-5-15(14)17/h2-3,5-6,12,16,18-20,26,35H,4,7-11,13,25H2,1H3,(H,27,31)(H,28,30)(H,33,34).